The normalized spacial score (nSPS) is 44.8. The predicted molar refractivity (Wildman–Crippen MR) is 39.2 cm³/mol. The fourth-order valence-electron chi connectivity index (χ4n) is 2.45. The second-order valence-electron chi connectivity index (χ2n) is 3.44. The molecule has 2 aliphatic rings. The molecule has 50 valence electrons. The van der Waals surface area contributed by atoms with Crippen molar-refractivity contribution in [2.24, 2.45) is 11.8 Å². The summed E-state index contributed by atoms with van der Waals surface area (Å²) in [5, 5.41) is 0. The Morgan fingerprint density at radius 3 is 2.67 bits per heavy atom. The largest absolute Gasteiger partial charge is 0.0882 e. The van der Waals surface area contributed by atoms with E-state index in [1.165, 1.54) is 25.7 Å². The van der Waals surface area contributed by atoms with Crippen molar-refractivity contribution in [3.8, 4) is 0 Å². The van der Waals surface area contributed by atoms with Gasteiger partial charge < -0.3 is 0 Å². The molecule has 0 saturated heterocycles. The summed E-state index contributed by atoms with van der Waals surface area (Å²) in [6.45, 7) is 2.19. The van der Waals surface area contributed by atoms with Gasteiger partial charge in [0.2, 0.25) is 0 Å². The first-order chi connectivity index (χ1) is 4.40. The molecule has 2 atom stereocenters. The van der Waals surface area contributed by atoms with Crippen LogP contribution in [0.5, 0.6) is 0 Å². The lowest BCUT2D eigenvalue weighted by Gasteiger charge is -2.11. The summed E-state index contributed by atoms with van der Waals surface area (Å²) < 4.78 is 0. The van der Waals surface area contributed by atoms with Gasteiger partial charge in [0.1, 0.15) is 0 Å². The van der Waals surface area contributed by atoms with Gasteiger partial charge in [0.15, 0.2) is 0 Å². The van der Waals surface area contributed by atoms with Crippen LogP contribution in [0.4, 0.5) is 0 Å². The zero-order valence-corrected chi connectivity index (χ0v) is 6.06. The molecular weight excluding hydrogens is 108 g/mol. The molecule has 0 N–H and O–H groups in total. The number of allylic oxidation sites excluding steroid dienone is 2. The minimum Gasteiger partial charge on any atom is -0.0882 e. The van der Waals surface area contributed by atoms with E-state index in [9.17, 15) is 0 Å². The molecule has 2 saturated carbocycles. The van der Waals surface area contributed by atoms with Crippen LogP contribution in [0.3, 0.4) is 0 Å². The lowest BCUT2D eigenvalue weighted by Crippen LogP contribution is -1.96. The lowest BCUT2D eigenvalue weighted by atomic mass is 9.95. The quantitative estimate of drug-likeness (QED) is 0.433. The van der Waals surface area contributed by atoms with E-state index in [2.05, 4.69) is 13.0 Å². The van der Waals surface area contributed by atoms with Crippen LogP contribution in [0, 0.1) is 11.8 Å². The van der Waals surface area contributed by atoms with Crippen LogP contribution in [0.2, 0.25) is 0 Å². The van der Waals surface area contributed by atoms with E-state index in [-0.39, 0.29) is 0 Å². The molecule has 0 spiro atoms. The van der Waals surface area contributed by atoms with E-state index in [0.717, 1.165) is 11.8 Å². The highest BCUT2D eigenvalue weighted by molar-refractivity contribution is 5.15. The molecule has 0 nitrogen and oxygen atoms in total. The Morgan fingerprint density at radius 1 is 1.44 bits per heavy atom. The number of fused-ring (bicyclic) bond motifs is 2. The van der Waals surface area contributed by atoms with Gasteiger partial charge in [-0.2, -0.15) is 0 Å². The zero-order chi connectivity index (χ0) is 6.27. The van der Waals surface area contributed by atoms with Crippen molar-refractivity contribution < 1.29 is 0 Å². The number of hydrogen-bond donors (Lipinski definition) is 0. The van der Waals surface area contributed by atoms with Crippen molar-refractivity contribution in [1.29, 1.82) is 0 Å². The summed E-state index contributed by atoms with van der Waals surface area (Å²) in [5.41, 5.74) is 1.76. The molecule has 0 unspecified atom stereocenters. The van der Waals surface area contributed by atoms with E-state index < -0.39 is 0 Å². The minimum atomic E-state index is 1.01. The maximum absolute atomic E-state index is 2.34. The van der Waals surface area contributed by atoms with Gasteiger partial charge in [-0.05, 0) is 44.4 Å². The topological polar surface area (TPSA) is 0 Å². The maximum Gasteiger partial charge on any atom is -0.0200 e. The van der Waals surface area contributed by atoms with Gasteiger partial charge in [0, 0.05) is 0 Å². The molecule has 0 amide bonds. The fraction of sp³-hybridized carbons (Fsp3) is 0.778. The number of rotatable bonds is 0. The minimum absolute atomic E-state index is 1.01. The standard InChI is InChI=1S/C9H14/c1-2-8-5-7-3-4-9(8)6-7/h2,7,9H,3-6H2,1H3/t7-,9-/m0/s1. The SMILES string of the molecule is CC=C1C[C@@H]2CC[C@H]1C2. The third kappa shape index (κ3) is 0.726. The summed E-state index contributed by atoms with van der Waals surface area (Å²) in [7, 11) is 0. The van der Waals surface area contributed by atoms with Crippen molar-refractivity contribution in [2.75, 3.05) is 0 Å². The molecule has 2 rings (SSSR count). The Balaban J connectivity index is 2.18. The summed E-state index contributed by atoms with van der Waals surface area (Å²) in [6, 6.07) is 0. The molecule has 0 radical (unpaired) electrons. The first-order valence-electron chi connectivity index (χ1n) is 4.05. The third-order valence-corrected chi connectivity index (χ3v) is 2.96. The van der Waals surface area contributed by atoms with E-state index in [4.69, 9.17) is 0 Å². The second-order valence-corrected chi connectivity index (χ2v) is 3.44. The van der Waals surface area contributed by atoms with E-state index in [1.807, 2.05) is 0 Å². The Labute approximate surface area is 57.0 Å². The van der Waals surface area contributed by atoms with Crippen LogP contribution in [-0.4, -0.2) is 0 Å². The van der Waals surface area contributed by atoms with Gasteiger partial charge in [-0.3, -0.25) is 0 Å². The van der Waals surface area contributed by atoms with Crippen molar-refractivity contribution in [2.45, 2.75) is 32.6 Å². The van der Waals surface area contributed by atoms with Crippen molar-refractivity contribution in [1.82, 2.24) is 0 Å². The lowest BCUT2D eigenvalue weighted by molar-refractivity contribution is 0.560. The molecule has 0 aliphatic heterocycles. The predicted octanol–water partition coefficient (Wildman–Crippen LogP) is 2.75. The molecule has 0 aromatic carbocycles. The van der Waals surface area contributed by atoms with Gasteiger partial charge in [0.25, 0.3) is 0 Å². The monoisotopic (exact) mass is 122 g/mol. The second kappa shape index (κ2) is 1.86. The van der Waals surface area contributed by atoms with E-state index >= 15 is 0 Å². The van der Waals surface area contributed by atoms with Gasteiger partial charge in [0.05, 0.1) is 0 Å². The summed E-state index contributed by atoms with van der Waals surface area (Å²) in [6.07, 6.45) is 8.29. The van der Waals surface area contributed by atoms with Crippen molar-refractivity contribution in [3.63, 3.8) is 0 Å². The van der Waals surface area contributed by atoms with Gasteiger partial charge >= 0.3 is 0 Å². The van der Waals surface area contributed by atoms with E-state index in [1.54, 1.807) is 5.57 Å². The van der Waals surface area contributed by atoms with Crippen molar-refractivity contribution >= 4 is 0 Å². The fourth-order valence-corrected chi connectivity index (χ4v) is 2.45. The molecule has 2 aliphatic carbocycles. The Kier molecular flexibility index (Phi) is 1.14. The Morgan fingerprint density at radius 2 is 2.33 bits per heavy atom. The highest BCUT2D eigenvalue weighted by Crippen LogP contribution is 2.47. The van der Waals surface area contributed by atoms with Crippen LogP contribution in [0.25, 0.3) is 0 Å². The molecule has 9 heavy (non-hydrogen) atoms. The Bertz CT molecular complexity index is 144. The summed E-state index contributed by atoms with van der Waals surface area (Å²) in [4.78, 5) is 0. The maximum atomic E-state index is 2.34. The average Bonchev–Trinajstić information content (AvgIpc) is 2.45. The average molecular weight is 122 g/mol. The van der Waals surface area contributed by atoms with Gasteiger partial charge in [-0.1, -0.05) is 11.6 Å². The van der Waals surface area contributed by atoms with Crippen LogP contribution in [-0.2, 0) is 0 Å². The molecular formula is C9H14. The first-order valence-corrected chi connectivity index (χ1v) is 4.05. The van der Waals surface area contributed by atoms with Crippen molar-refractivity contribution in [3.05, 3.63) is 11.6 Å². The van der Waals surface area contributed by atoms with E-state index in [0.29, 0.717) is 0 Å². The van der Waals surface area contributed by atoms with Gasteiger partial charge in [-0.15, -0.1) is 0 Å². The molecule has 0 heteroatoms. The third-order valence-electron chi connectivity index (χ3n) is 2.96. The molecule has 2 bridgehead atoms. The van der Waals surface area contributed by atoms with Crippen LogP contribution >= 0.6 is 0 Å². The zero-order valence-electron chi connectivity index (χ0n) is 6.06. The molecule has 0 aromatic heterocycles. The summed E-state index contributed by atoms with van der Waals surface area (Å²) >= 11 is 0. The summed E-state index contributed by atoms with van der Waals surface area (Å²) in [5.74, 6) is 2.10. The Hall–Kier alpha value is -0.260. The van der Waals surface area contributed by atoms with Crippen LogP contribution in [0.1, 0.15) is 32.6 Å². The highest BCUT2D eigenvalue weighted by Gasteiger charge is 2.34. The van der Waals surface area contributed by atoms with Gasteiger partial charge in [-0.25, -0.2) is 0 Å². The molecule has 2 fully saturated rings. The highest BCUT2D eigenvalue weighted by atomic mass is 14.4. The number of hydrogen-bond acceptors (Lipinski definition) is 0. The van der Waals surface area contributed by atoms with Crippen LogP contribution < -0.4 is 0 Å². The smallest absolute Gasteiger partial charge is 0.0200 e. The van der Waals surface area contributed by atoms with Crippen LogP contribution in [0.15, 0.2) is 11.6 Å². The molecule has 0 aromatic rings. The molecule has 0 heterocycles. The first kappa shape index (κ1) is 5.52.